The van der Waals surface area contributed by atoms with E-state index in [1.54, 1.807) is 0 Å². The van der Waals surface area contributed by atoms with E-state index in [0.717, 1.165) is 29.9 Å². The molecule has 0 fully saturated rings. The molecule has 1 N–H and O–H groups in total. The SMILES string of the molecule is Cc1cccc(COc2ccc(Br)cc2CNCCN(C)C)c1. The number of nitrogens with one attached hydrogen (secondary N) is 1. The number of ether oxygens (including phenoxy) is 1. The topological polar surface area (TPSA) is 24.5 Å². The highest BCUT2D eigenvalue weighted by molar-refractivity contribution is 9.10. The van der Waals surface area contributed by atoms with Crippen LogP contribution in [0.4, 0.5) is 0 Å². The molecule has 0 unspecified atom stereocenters. The first-order valence-corrected chi connectivity index (χ1v) is 8.66. The molecule has 23 heavy (non-hydrogen) atoms. The van der Waals surface area contributed by atoms with Crippen LogP contribution in [0.15, 0.2) is 46.9 Å². The van der Waals surface area contributed by atoms with Gasteiger partial charge < -0.3 is 15.0 Å². The van der Waals surface area contributed by atoms with Crippen LogP contribution in [0.1, 0.15) is 16.7 Å². The third-order valence-corrected chi connectivity index (χ3v) is 4.04. The fourth-order valence-electron chi connectivity index (χ4n) is 2.32. The molecular formula is C19H25BrN2O. The molecule has 0 radical (unpaired) electrons. The summed E-state index contributed by atoms with van der Waals surface area (Å²) in [5, 5.41) is 3.47. The maximum absolute atomic E-state index is 6.04. The fraction of sp³-hybridized carbons (Fsp3) is 0.368. The highest BCUT2D eigenvalue weighted by Gasteiger charge is 2.05. The number of rotatable bonds is 8. The monoisotopic (exact) mass is 376 g/mol. The molecular weight excluding hydrogens is 352 g/mol. The van der Waals surface area contributed by atoms with Gasteiger partial charge in [-0.1, -0.05) is 45.8 Å². The maximum atomic E-state index is 6.04. The Morgan fingerprint density at radius 1 is 1.13 bits per heavy atom. The number of nitrogens with zero attached hydrogens (tertiary/aromatic N) is 1. The summed E-state index contributed by atoms with van der Waals surface area (Å²) in [5.74, 6) is 0.937. The van der Waals surface area contributed by atoms with Crippen molar-refractivity contribution in [3.63, 3.8) is 0 Å². The number of benzene rings is 2. The van der Waals surface area contributed by atoms with Crippen molar-refractivity contribution in [3.05, 3.63) is 63.6 Å². The van der Waals surface area contributed by atoms with Crippen LogP contribution in [0.5, 0.6) is 5.75 Å². The van der Waals surface area contributed by atoms with Crippen LogP contribution in [0, 0.1) is 6.92 Å². The van der Waals surface area contributed by atoms with Crippen LogP contribution in [0.3, 0.4) is 0 Å². The summed E-state index contributed by atoms with van der Waals surface area (Å²) in [5.41, 5.74) is 3.62. The van der Waals surface area contributed by atoms with Crippen molar-refractivity contribution < 1.29 is 4.74 Å². The van der Waals surface area contributed by atoms with Crippen LogP contribution in [-0.4, -0.2) is 32.1 Å². The van der Waals surface area contributed by atoms with E-state index in [0.29, 0.717) is 6.61 Å². The molecule has 4 heteroatoms. The highest BCUT2D eigenvalue weighted by Crippen LogP contribution is 2.24. The van der Waals surface area contributed by atoms with Crippen LogP contribution in [-0.2, 0) is 13.2 Å². The minimum absolute atomic E-state index is 0.591. The average molecular weight is 377 g/mol. The third-order valence-electron chi connectivity index (χ3n) is 3.55. The van der Waals surface area contributed by atoms with E-state index in [-0.39, 0.29) is 0 Å². The fourth-order valence-corrected chi connectivity index (χ4v) is 2.72. The predicted octanol–water partition coefficient (Wildman–Crippen LogP) is 3.99. The first-order chi connectivity index (χ1) is 11.0. The lowest BCUT2D eigenvalue weighted by Gasteiger charge is -2.14. The molecule has 0 spiro atoms. The number of halogens is 1. The maximum Gasteiger partial charge on any atom is 0.124 e. The second-order valence-corrected chi connectivity index (χ2v) is 6.93. The van der Waals surface area contributed by atoms with Crippen LogP contribution in [0.2, 0.25) is 0 Å². The minimum atomic E-state index is 0.591. The van der Waals surface area contributed by atoms with E-state index in [9.17, 15) is 0 Å². The molecule has 0 atom stereocenters. The van der Waals surface area contributed by atoms with Gasteiger partial charge in [-0.3, -0.25) is 0 Å². The van der Waals surface area contributed by atoms with Gasteiger partial charge in [-0.05, 0) is 44.8 Å². The molecule has 2 rings (SSSR count). The molecule has 0 aliphatic rings. The van der Waals surface area contributed by atoms with Crippen LogP contribution in [0.25, 0.3) is 0 Å². The van der Waals surface area contributed by atoms with Crippen molar-refractivity contribution in [2.45, 2.75) is 20.1 Å². The minimum Gasteiger partial charge on any atom is -0.489 e. The molecule has 0 saturated carbocycles. The van der Waals surface area contributed by atoms with Crippen molar-refractivity contribution in [3.8, 4) is 5.75 Å². The zero-order valence-corrected chi connectivity index (χ0v) is 15.7. The molecule has 0 aliphatic heterocycles. The molecule has 0 saturated heterocycles. The molecule has 2 aromatic rings. The summed E-state index contributed by atoms with van der Waals surface area (Å²) in [7, 11) is 4.16. The second kappa shape index (κ2) is 9.06. The van der Waals surface area contributed by atoms with Gasteiger partial charge >= 0.3 is 0 Å². The Bertz CT molecular complexity index is 629. The Balaban J connectivity index is 1.97. The third kappa shape index (κ3) is 6.34. The highest BCUT2D eigenvalue weighted by atomic mass is 79.9. The second-order valence-electron chi connectivity index (χ2n) is 6.01. The predicted molar refractivity (Wildman–Crippen MR) is 99.9 cm³/mol. The van der Waals surface area contributed by atoms with Gasteiger partial charge in [-0.2, -0.15) is 0 Å². The largest absolute Gasteiger partial charge is 0.489 e. The van der Waals surface area contributed by atoms with E-state index < -0.39 is 0 Å². The summed E-state index contributed by atoms with van der Waals surface area (Å²) in [4.78, 5) is 2.17. The lowest BCUT2D eigenvalue weighted by molar-refractivity contribution is 0.301. The van der Waals surface area contributed by atoms with Crippen LogP contribution < -0.4 is 10.1 Å². The van der Waals surface area contributed by atoms with Gasteiger partial charge in [-0.15, -0.1) is 0 Å². The van der Waals surface area contributed by atoms with Crippen LogP contribution >= 0.6 is 15.9 Å². The first kappa shape index (κ1) is 18.0. The zero-order valence-electron chi connectivity index (χ0n) is 14.1. The molecule has 0 amide bonds. The Morgan fingerprint density at radius 2 is 1.96 bits per heavy atom. The molecule has 124 valence electrons. The number of aryl methyl sites for hydroxylation is 1. The molecule has 3 nitrogen and oxygen atoms in total. The average Bonchev–Trinajstić information content (AvgIpc) is 2.50. The van der Waals surface area contributed by atoms with E-state index in [1.165, 1.54) is 16.7 Å². The Labute approximate surface area is 147 Å². The summed E-state index contributed by atoms with van der Waals surface area (Å²) in [6.07, 6.45) is 0. The zero-order chi connectivity index (χ0) is 16.7. The van der Waals surface area contributed by atoms with E-state index in [4.69, 9.17) is 4.74 Å². The normalized spacial score (nSPS) is 11.0. The van der Waals surface area contributed by atoms with Gasteiger partial charge in [0.05, 0.1) is 0 Å². The van der Waals surface area contributed by atoms with Crippen molar-refractivity contribution in [2.24, 2.45) is 0 Å². The molecule has 0 heterocycles. The Hall–Kier alpha value is -1.36. The van der Waals surface area contributed by atoms with Gasteiger partial charge in [0.15, 0.2) is 0 Å². The first-order valence-electron chi connectivity index (χ1n) is 7.87. The van der Waals surface area contributed by atoms with Gasteiger partial charge in [0.1, 0.15) is 12.4 Å². The quantitative estimate of drug-likeness (QED) is 0.704. The van der Waals surface area contributed by atoms with Gasteiger partial charge in [0.25, 0.3) is 0 Å². The molecule has 0 bridgehead atoms. The van der Waals surface area contributed by atoms with E-state index in [1.807, 2.05) is 12.1 Å². The Morgan fingerprint density at radius 3 is 2.70 bits per heavy atom. The molecule has 2 aromatic carbocycles. The van der Waals surface area contributed by atoms with Crippen molar-refractivity contribution in [2.75, 3.05) is 27.2 Å². The molecule has 0 aliphatic carbocycles. The standard InChI is InChI=1S/C19H25BrN2O/c1-15-5-4-6-16(11-15)14-23-19-8-7-18(20)12-17(19)13-21-9-10-22(2)3/h4-8,11-12,21H,9-10,13-14H2,1-3H3. The molecule has 0 aromatic heterocycles. The number of hydrogen-bond acceptors (Lipinski definition) is 3. The van der Waals surface area contributed by atoms with Crippen molar-refractivity contribution in [1.82, 2.24) is 10.2 Å². The summed E-state index contributed by atoms with van der Waals surface area (Å²) >= 11 is 3.54. The summed E-state index contributed by atoms with van der Waals surface area (Å²) < 4.78 is 7.11. The summed E-state index contributed by atoms with van der Waals surface area (Å²) in [6.45, 7) is 5.47. The lowest BCUT2D eigenvalue weighted by atomic mass is 10.1. The van der Waals surface area contributed by atoms with E-state index >= 15 is 0 Å². The van der Waals surface area contributed by atoms with Gasteiger partial charge in [0, 0.05) is 29.7 Å². The Kier molecular flexibility index (Phi) is 7.09. The summed E-state index contributed by atoms with van der Waals surface area (Å²) in [6, 6.07) is 14.6. The van der Waals surface area contributed by atoms with Crippen molar-refractivity contribution >= 4 is 15.9 Å². The van der Waals surface area contributed by atoms with Gasteiger partial charge in [0.2, 0.25) is 0 Å². The smallest absolute Gasteiger partial charge is 0.124 e. The van der Waals surface area contributed by atoms with Gasteiger partial charge in [-0.25, -0.2) is 0 Å². The number of likely N-dealkylation sites (N-methyl/N-ethyl adjacent to an activating group) is 1. The van der Waals surface area contributed by atoms with E-state index in [2.05, 4.69) is 77.5 Å². The number of hydrogen-bond donors (Lipinski definition) is 1. The van der Waals surface area contributed by atoms with Crippen molar-refractivity contribution in [1.29, 1.82) is 0 Å². The lowest BCUT2D eigenvalue weighted by Crippen LogP contribution is -2.26.